The molecule has 0 aromatic carbocycles. The van der Waals surface area contributed by atoms with Gasteiger partial charge >= 0.3 is 0 Å². The highest BCUT2D eigenvalue weighted by atomic mass is 16.5. The molecular formula is C29H59NO. The van der Waals surface area contributed by atoms with Crippen molar-refractivity contribution in [2.24, 2.45) is 17.3 Å². The first-order valence-electron chi connectivity index (χ1n) is 14.3. The zero-order chi connectivity index (χ0) is 22.8. The van der Waals surface area contributed by atoms with E-state index in [1.165, 1.54) is 122 Å². The van der Waals surface area contributed by atoms with Gasteiger partial charge in [-0.1, -0.05) is 105 Å². The maximum atomic E-state index is 5.73. The quantitative estimate of drug-likeness (QED) is 0.157. The van der Waals surface area contributed by atoms with Crippen molar-refractivity contribution in [2.45, 2.75) is 137 Å². The molecule has 0 aliphatic carbocycles. The predicted octanol–water partition coefficient (Wildman–Crippen LogP) is 8.88. The Bertz CT molecular complexity index is 380. The topological polar surface area (TPSA) is 12.5 Å². The van der Waals surface area contributed by atoms with E-state index in [2.05, 4.69) is 39.6 Å². The number of hydrogen-bond donors (Lipinski definition) is 0. The minimum absolute atomic E-state index is 0.492. The lowest BCUT2D eigenvalue weighted by Gasteiger charge is -2.43. The maximum Gasteiger partial charge on any atom is 0.0545 e. The molecule has 1 unspecified atom stereocenters. The molecule has 0 aromatic heterocycles. The van der Waals surface area contributed by atoms with Crippen LogP contribution in [0.25, 0.3) is 0 Å². The minimum Gasteiger partial charge on any atom is -0.380 e. The summed E-state index contributed by atoms with van der Waals surface area (Å²) in [7, 11) is 2.38. The molecule has 1 aliphatic heterocycles. The summed E-state index contributed by atoms with van der Waals surface area (Å²) >= 11 is 0. The van der Waals surface area contributed by atoms with E-state index in [1.54, 1.807) is 0 Å². The average Bonchev–Trinajstić information content (AvgIpc) is 2.74. The van der Waals surface area contributed by atoms with Gasteiger partial charge in [-0.05, 0) is 57.5 Å². The highest BCUT2D eigenvalue weighted by molar-refractivity contribution is 4.87. The highest BCUT2D eigenvalue weighted by Crippen LogP contribution is 2.38. The van der Waals surface area contributed by atoms with Crippen molar-refractivity contribution < 1.29 is 4.74 Å². The van der Waals surface area contributed by atoms with Gasteiger partial charge in [0.2, 0.25) is 0 Å². The van der Waals surface area contributed by atoms with Gasteiger partial charge in [-0.25, -0.2) is 0 Å². The van der Waals surface area contributed by atoms with Crippen molar-refractivity contribution in [3.05, 3.63) is 0 Å². The van der Waals surface area contributed by atoms with Gasteiger partial charge in [-0.15, -0.1) is 0 Å². The molecule has 0 bridgehead atoms. The van der Waals surface area contributed by atoms with Crippen molar-refractivity contribution >= 4 is 0 Å². The van der Waals surface area contributed by atoms with Crippen LogP contribution in [0, 0.1) is 17.3 Å². The summed E-state index contributed by atoms with van der Waals surface area (Å²) in [4.78, 5) is 2.67. The molecule has 0 N–H and O–H groups in total. The first-order valence-corrected chi connectivity index (χ1v) is 14.3. The van der Waals surface area contributed by atoms with Crippen LogP contribution < -0.4 is 0 Å². The Morgan fingerprint density at radius 3 is 1.74 bits per heavy atom. The van der Waals surface area contributed by atoms with Gasteiger partial charge in [0.1, 0.15) is 0 Å². The fourth-order valence-corrected chi connectivity index (χ4v) is 5.37. The second-order valence-electron chi connectivity index (χ2n) is 11.0. The highest BCUT2D eigenvalue weighted by Gasteiger charge is 2.38. The molecule has 0 saturated carbocycles. The van der Waals surface area contributed by atoms with E-state index in [0.717, 1.165) is 25.0 Å². The number of rotatable bonds is 22. The predicted molar refractivity (Wildman–Crippen MR) is 139 cm³/mol. The molecule has 1 rings (SSSR count). The molecule has 1 atom stereocenters. The lowest BCUT2D eigenvalue weighted by molar-refractivity contribution is -0.126. The third kappa shape index (κ3) is 13.3. The molecule has 0 aromatic rings. The Balaban J connectivity index is 2.40. The van der Waals surface area contributed by atoms with E-state index < -0.39 is 0 Å². The van der Waals surface area contributed by atoms with E-state index in [9.17, 15) is 0 Å². The number of hydrogen-bond acceptors (Lipinski definition) is 2. The number of nitrogens with zero attached hydrogens (tertiary/aromatic N) is 1. The maximum absolute atomic E-state index is 5.73. The molecule has 1 fully saturated rings. The largest absolute Gasteiger partial charge is 0.380 e. The monoisotopic (exact) mass is 437 g/mol. The Kier molecular flexibility index (Phi) is 17.1. The fraction of sp³-hybridized carbons (Fsp3) is 1.00. The Morgan fingerprint density at radius 2 is 1.26 bits per heavy atom. The Labute approximate surface area is 197 Å². The van der Waals surface area contributed by atoms with Crippen molar-refractivity contribution in [3.8, 4) is 0 Å². The summed E-state index contributed by atoms with van der Waals surface area (Å²) in [6.45, 7) is 14.0. The molecular weight excluding hydrogens is 378 g/mol. The van der Waals surface area contributed by atoms with Crippen LogP contribution in [0.5, 0.6) is 0 Å². The lowest BCUT2D eigenvalue weighted by atomic mass is 9.75. The molecule has 186 valence electrons. The van der Waals surface area contributed by atoms with Gasteiger partial charge in [0.05, 0.1) is 13.2 Å². The summed E-state index contributed by atoms with van der Waals surface area (Å²) in [5, 5.41) is 0. The summed E-state index contributed by atoms with van der Waals surface area (Å²) in [5.74, 6) is 1.84. The first-order chi connectivity index (χ1) is 15.1. The zero-order valence-corrected chi connectivity index (χ0v) is 22.4. The summed E-state index contributed by atoms with van der Waals surface area (Å²) in [6.07, 6.45) is 23.8. The van der Waals surface area contributed by atoms with Crippen LogP contribution in [0.2, 0.25) is 0 Å². The van der Waals surface area contributed by atoms with E-state index >= 15 is 0 Å². The molecule has 1 aliphatic rings. The van der Waals surface area contributed by atoms with Crippen LogP contribution in [-0.4, -0.2) is 38.3 Å². The summed E-state index contributed by atoms with van der Waals surface area (Å²) in [5.41, 5.74) is 0.492. The third-order valence-corrected chi connectivity index (χ3v) is 7.97. The average molecular weight is 438 g/mol. The van der Waals surface area contributed by atoms with Crippen LogP contribution in [0.3, 0.4) is 0 Å². The molecule has 2 heteroatoms. The van der Waals surface area contributed by atoms with Gasteiger partial charge in [0.25, 0.3) is 0 Å². The lowest BCUT2D eigenvalue weighted by Crippen LogP contribution is -2.45. The number of ether oxygens (including phenoxy) is 1. The molecule has 1 saturated heterocycles. The standard InChI is InChI=1S/C29H59NO/c1-6-10-13-15-18-28(19-16-14-11-7-2)24-30(5)23-22-29(25-31-26-29)21-20-27(9-4)17-12-8-3/h27-28H,6-26H2,1-5H3. The van der Waals surface area contributed by atoms with Gasteiger partial charge < -0.3 is 9.64 Å². The molecule has 31 heavy (non-hydrogen) atoms. The van der Waals surface area contributed by atoms with Crippen LogP contribution in [0.4, 0.5) is 0 Å². The van der Waals surface area contributed by atoms with Crippen LogP contribution >= 0.6 is 0 Å². The van der Waals surface area contributed by atoms with E-state index in [1.807, 2.05) is 0 Å². The fourth-order valence-electron chi connectivity index (χ4n) is 5.37. The normalized spacial score (nSPS) is 16.7. The first kappa shape index (κ1) is 29.0. The van der Waals surface area contributed by atoms with Gasteiger partial charge in [0.15, 0.2) is 0 Å². The van der Waals surface area contributed by atoms with Crippen LogP contribution in [0.1, 0.15) is 137 Å². The Morgan fingerprint density at radius 1 is 0.677 bits per heavy atom. The molecule has 2 nitrogen and oxygen atoms in total. The molecule has 0 radical (unpaired) electrons. The van der Waals surface area contributed by atoms with Gasteiger partial charge in [0, 0.05) is 12.0 Å². The van der Waals surface area contributed by atoms with Crippen LogP contribution in [-0.2, 0) is 4.74 Å². The van der Waals surface area contributed by atoms with Crippen molar-refractivity contribution in [1.82, 2.24) is 4.90 Å². The van der Waals surface area contributed by atoms with Gasteiger partial charge in [-0.3, -0.25) is 0 Å². The second-order valence-corrected chi connectivity index (χ2v) is 11.0. The SMILES string of the molecule is CCCCCCC(CCCCCC)CN(C)CCC1(CCC(CC)CCCC)COC1. The van der Waals surface area contributed by atoms with E-state index in [4.69, 9.17) is 4.74 Å². The van der Waals surface area contributed by atoms with Crippen molar-refractivity contribution in [1.29, 1.82) is 0 Å². The van der Waals surface area contributed by atoms with E-state index in [-0.39, 0.29) is 0 Å². The summed E-state index contributed by atoms with van der Waals surface area (Å²) < 4.78 is 5.73. The molecule has 0 amide bonds. The second kappa shape index (κ2) is 18.4. The summed E-state index contributed by atoms with van der Waals surface area (Å²) in [6, 6.07) is 0. The minimum atomic E-state index is 0.492. The smallest absolute Gasteiger partial charge is 0.0545 e. The molecule has 1 heterocycles. The van der Waals surface area contributed by atoms with Crippen LogP contribution in [0.15, 0.2) is 0 Å². The number of unbranched alkanes of at least 4 members (excludes halogenated alkanes) is 7. The van der Waals surface area contributed by atoms with Crippen molar-refractivity contribution in [2.75, 3.05) is 33.4 Å². The molecule has 0 spiro atoms. The van der Waals surface area contributed by atoms with Gasteiger partial charge in [-0.2, -0.15) is 0 Å². The van der Waals surface area contributed by atoms with E-state index in [0.29, 0.717) is 5.41 Å². The van der Waals surface area contributed by atoms with Crippen molar-refractivity contribution in [3.63, 3.8) is 0 Å². The third-order valence-electron chi connectivity index (χ3n) is 7.97. The Hall–Kier alpha value is -0.0800. The zero-order valence-electron chi connectivity index (χ0n) is 22.4.